The van der Waals surface area contributed by atoms with Crippen LogP contribution in [0.5, 0.6) is 0 Å². The van der Waals surface area contributed by atoms with Crippen molar-refractivity contribution < 1.29 is 13.2 Å². The van der Waals surface area contributed by atoms with Gasteiger partial charge in [0.1, 0.15) is 0 Å². The summed E-state index contributed by atoms with van der Waals surface area (Å²) in [5.41, 5.74) is 2.13. The minimum atomic E-state index is -3.79. The fourth-order valence-electron chi connectivity index (χ4n) is 4.56. The van der Waals surface area contributed by atoms with E-state index in [0.29, 0.717) is 33.5 Å². The van der Waals surface area contributed by atoms with Gasteiger partial charge in [0.05, 0.1) is 20.8 Å². The van der Waals surface area contributed by atoms with Crippen molar-refractivity contribution in [2.45, 2.75) is 57.4 Å². The highest BCUT2D eigenvalue weighted by Gasteiger charge is 2.20. The van der Waals surface area contributed by atoms with Crippen molar-refractivity contribution in [2.75, 3.05) is 16.6 Å². The van der Waals surface area contributed by atoms with E-state index in [2.05, 4.69) is 27.3 Å². The van der Waals surface area contributed by atoms with Gasteiger partial charge in [-0.15, -0.1) is 0 Å². The summed E-state index contributed by atoms with van der Waals surface area (Å²) in [5.74, 6) is 1.17. The first-order chi connectivity index (χ1) is 16.3. The molecular weight excluding hydrogens is 468 g/mol. The fraction of sp³-hybridized carbons (Fsp3) is 0.440. The number of fused-ring (bicyclic) bond motifs is 1. The zero-order chi connectivity index (χ0) is 24.1. The zero-order valence-electron chi connectivity index (χ0n) is 19.6. The van der Waals surface area contributed by atoms with Crippen molar-refractivity contribution in [3.05, 3.63) is 48.0 Å². The molecule has 1 aliphatic rings. The van der Waals surface area contributed by atoms with E-state index >= 15 is 0 Å². The van der Waals surface area contributed by atoms with Crippen molar-refractivity contribution in [1.82, 2.24) is 10.3 Å². The molecular formula is C25H32N4O3S2. The highest BCUT2D eigenvalue weighted by molar-refractivity contribution is 7.92. The van der Waals surface area contributed by atoms with Gasteiger partial charge in [-0.05, 0) is 48.2 Å². The van der Waals surface area contributed by atoms with Crippen LogP contribution in [0.25, 0.3) is 10.2 Å². The molecule has 0 aliphatic heterocycles. The third-order valence-corrected chi connectivity index (χ3v) is 8.75. The van der Waals surface area contributed by atoms with Gasteiger partial charge in [0.15, 0.2) is 5.13 Å². The van der Waals surface area contributed by atoms with Crippen molar-refractivity contribution in [3.8, 4) is 0 Å². The Bertz CT molecular complexity index is 1250. The molecule has 0 saturated heterocycles. The van der Waals surface area contributed by atoms with Gasteiger partial charge in [0.25, 0.3) is 10.0 Å². The number of hydrogen-bond acceptors (Lipinski definition) is 6. The first-order valence-electron chi connectivity index (χ1n) is 11.8. The van der Waals surface area contributed by atoms with E-state index in [0.717, 1.165) is 18.0 Å². The molecule has 0 spiro atoms. The molecule has 3 aromatic rings. The monoisotopic (exact) mass is 500 g/mol. The van der Waals surface area contributed by atoms with Crippen molar-refractivity contribution in [3.63, 3.8) is 0 Å². The Labute approximate surface area is 205 Å². The molecule has 2 aromatic carbocycles. The Balaban J connectivity index is 1.44. The minimum absolute atomic E-state index is 0.159. The lowest BCUT2D eigenvalue weighted by molar-refractivity contribution is -0.114. The average molecular weight is 501 g/mol. The number of amides is 1. The summed E-state index contributed by atoms with van der Waals surface area (Å²) in [4.78, 5) is 15.8. The van der Waals surface area contributed by atoms with Crippen LogP contribution >= 0.6 is 11.3 Å². The lowest BCUT2D eigenvalue weighted by atomic mass is 9.81. The summed E-state index contributed by atoms with van der Waals surface area (Å²) >= 11 is 1.25. The van der Waals surface area contributed by atoms with E-state index in [1.807, 2.05) is 18.2 Å². The summed E-state index contributed by atoms with van der Waals surface area (Å²) in [6.45, 7) is 5.24. The molecule has 4 rings (SSSR count). The summed E-state index contributed by atoms with van der Waals surface area (Å²) in [5, 5.41) is 6.62. The summed E-state index contributed by atoms with van der Waals surface area (Å²) in [6.07, 6.45) is 6.66. The number of rotatable bonds is 9. The highest BCUT2D eigenvalue weighted by atomic mass is 32.2. The first-order valence-corrected chi connectivity index (χ1v) is 14.1. The largest absolute Gasteiger partial charge is 0.312 e. The van der Waals surface area contributed by atoms with Crippen LogP contribution in [-0.4, -0.2) is 25.9 Å². The maximum Gasteiger partial charge on any atom is 0.261 e. The Morgan fingerprint density at radius 3 is 2.68 bits per heavy atom. The highest BCUT2D eigenvalue weighted by Crippen LogP contribution is 2.31. The normalized spacial score (nSPS) is 15.8. The van der Waals surface area contributed by atoms with Gasteiger partial charge >= 0.3 is 0 Å². The number of carbonyl (C=O) groups excluding carboxylic acids is 1. The van der Waals surface area contributed by atoms with Gasteiger partial charge in [-0.1, -0.05) is 68.6 Å². The summed E-state index contributed by atoms with van der Waals surface area (Å²) < 4.78 is 29.8. The summed E-state index contributed by atoms with van der Waals surface area (Å²) in [7, 11) is -3.79. The molecule has 1 atom stereocenters. The van der Waals surface area contributed by atoms with Crippen LogP contribution in [0.2, 0.25) is 0 Å². The molecule has 34 heavy (non-hydrogen) atoms. The second-order valence-electron chi connectivity index (χ2n) is 9.10. The molecule has 0 bridgehead atoms. The predicted octanol–water partition coefficient (Wildman–Crippen LogP) is 5.36. The van der Waals surface area contributed by atoms with Gasteiger partial charge < -0.3 is 10.6 Å². The number of para-hydroxylation sites is 1. The molecule has 1 unspecified atom stereocenters. The van der Waals surface area contributed by atoms with Crippen LogP contribution < -0.4 is 15.4 Å². The standard InChI is InChI=1S/C25H32N4O3S2/c1-17(19-8-4-3-5-9-19)15-26-16-20-10-6-7-11-22(20)29-34(31,32)21-12-13-23-24(14-21)33-25(28-23)27-18(2)30/h6-7,10-14,17,19,26,29H,3-5,8-9,15-16H2,1-2H3,(H,27,28,30). The number of carbonyl (C=O) groups is 1. The van der Waals surface area contributed by atoms with Gasteiger partial charge in [-0.25, -0.2) is 13.4 Å². The molecule has 1 aliphatic carbocycles. The number of thiazole rings is 1. The quantitative estimate of drug-likeness (QED) is 0.367. The molecule has 1 heterocycles. The third-order valence-electron chi connectivity index (χ3n) is 6.45. The predicted molar refractivity (Wildman–Crippen MR) is 139 cm³/mol. The smallest absolute Gasteiger partial charge is 0.261 e. The van der Waals surface area contributed by atoms with E-state index in [4.69, 9.17) is 0 Å². The number of benzene rings is 2. The number of hydrogen-bond donors (Lipinski definition) is 3. The lowest BCUT2D eigenvalue weighted by Gasteiger charge is -2.28. The maximum atomic E-state index is 13.2. The van der Waals surface area contributed by atoms with Gasteiger partial charge in [-0.2, -0.15) is 0 Å². The number of aromatic nitrogens is 1. The van der Waals surface area contributed by atoms with Gasteiger partial charge in [0, 0.05) is 13.5 Å². The second-order valence-corrected chi connectivity index (χ2v) is 11.8. The van der Waals surface area contributed by atoms with Crippen molar-refractivity contribution >= 4 is 48.3 Å². The molecule has 9 heteroatoms. The molecule has 1 amide bonds. The topological polar surface area (TPSA) is 100 Å². The third kappa shape index (κ3) is 6.14. The fourth-order valence-corrected chi connectivity index (χ4v) is 6.71. The van der Waals surface area contributed by atoms with Gasteiger partial charge in [0.2, 0.25) is 5.91 Å². The Morgan fingerprint density at radius 1 is 1.15 bits per heavy atom. The van der Waals surface area contributed by atoms with Crippen LogP contribution in [0.4, 0.5) is 10.8 Å². The van der Waals surface area contributed by atoms with Crippen LogP contribution in [0.1, 0.15) is 51.5 Å². The van der Waals surface area contributed by atoms with Crippen molar-refractivity contribution in [1.29, 1.82) is 0 Å². The number of nitrogens with zero attached hydrogens (tertiary/aromatic N) is 1. The molecule has 1 aromatic heterocycles. The van der Waals surface area contributed by atoms with Crippen LogP contribution in [0.15, 0.2) is 47.4 Å². The lowest BCUT2D eigenvalue weighted by Crippen LogP contribution is -2.27. The molecule has 182 valence electrons. The number of nitrogens with one attached hydrogen (secondary N) is 3. The van der Waals surface area contributed by atoms with E-state index in [1.165, 1.54) is 56.4 Å². The van der Waals surface area contributed by atoms with Crippen molar-refractivity contribution in [2.24, 2.45) is 11.8 Å². The Hall–Kier alpha value is -2.49. The van der Waals surface area contributed by atoms with Crippen LogP contribution in [-0.2, 0) is 21.4 Å². The first kappa shape index (κ1) is 24.6. The molecule has 0 radical (unpaired) electrons. The van der Waals surface area contributed by atoms with E-state index in [9.17, 15) is 13.2 Å². The van der Waals surface area contributed by atoms with E-state index < -0.39 is 10.0 Å². The van der Waals surface area contributed by atoms with E-state index in [-0.39, 0.29) is 10.8 Å². The van der Waals surface area contributed by atoms with Crippen LogP contribution in [0, 0.1) is 11.8 Å². The molecule has 3 N–H and O–H groups in total. The van der Waals surface area contributed by atoms with Gasteiger partial charge in [-0.3, -0.25) is 9.52 Å². The minimum Gasteiger partial charge on any atom is -0.312 e. The molecule has 1 fully saturated rings. The van der Waals surface area contributed by atoms with E-state index in [1.54, 1.807) is 18.2 Å². The maximum absolute atomic E-state index is 13.2. The summed E-state index contributed by atoms with van der Waals surface area (Å²) in [6, 6.07) is 12.3. The second kappa shape index (κ2) is 10.8. The SMILES string of the molecule is CC(=O)Nc1nc2ccc(S(=O)(=O)Nc3ccccc3CNCC(C)C3CCCCC3)cc2s1. The zero-order valence-corrected chi connectivity index (χ0v) is 21.3. The number of anilines is 2. The molecule has 7 nitrogen and oxygen atoms in total. The van der Waals surface area contributed by atoms with Crippen LogP contribution in [0.3, 0.4) is 0 Å². The molecule has 1 saturated carbocycles. The number of sulfonamides is 1. The Kier molecular flexibility index (Phi) is 7.85. The average Bonchev–Trinajstić information content (AvgIpc) is 3.21. The Morgan fingerprint density at radius 2 is 1.91 bits per heavy atom.